The Bertz CT molecular complexity index is 1320. The van der Waals surface area contributed by atoms with Crippen molar-refractivity contribution in [1.82, 2.24) is 9.55 Å². The van der Waals surface area contributed by atoms with Gasteiger partial charge in [-0.3, -0.25) is 9.36 Å². The SMILES string of the molecule is COC(=O)CCCCCOc1ccc2nc(-c3ccccc3)n(-c3cc(OC)c(OC)c(OC)c3)c2c1. The van der Waals surface area contributed by atoms with Crippen molar-refractivity contribution in [2.75, 3.05) is 35.0 Å². The van der Waals surface area contributed by atoms with E-state index >= 15 is 0 Å². The second-order valence-corrected chi connectivity index (χ2v) is 8.41. The third kappa shape index (κ3) is 5.80. The lowest BCUT2D eigenvalue weighted by atomic mass is 10.2. The number of aromatic nitrogens is 2. The summed E-state index contributed by atoms with van der Waals surface area (Å²) < 4.78 is 29.6. The Labute approximate surface area is 216 Å². The summed E-state index contributed by atoms with van der Waals surface area (Å²) in [7, 11) is 6.19. The van der Waals surface area contributed by atoms with Crippen LogP contribution in [0, 0.1) is 0 Å². The molecule has 0 atom stereocenters. The molecule has 0 bridgehead atoms. The first-order valence-corrected chi connectivity index (χ1v) is 12.2. The van der Waals surface area contributed by atoms with Crippen LogP contribution in [0.1, 0.15) is 25.7 Å². The third-order valence-electron chi connectivity index (χ3n) is 6.09. The fraction of sp³-hybridized carbons (Fsp3) is 0.310. The van der Waals surface area contributed by atoms with E-state index in [1.54, 1.807) is 21.3 Å². The van der Waals surface area contributed by atoms with Crippen LogP contribution in [0.5, 0.6) is 23.0 Å². The highest BCUT2D eigenvalue weighted by atomic mass is 16.5. The molecule has 4 rings (SSSR count). The zero-order chi connectivity index (χ0) is 26.2. The summed E-state index contributed by atoms with van der Waals surface area (Å²) >= 11 is 0. The molecule has 3 aromatic carbocycles. The monoisotopic (exact) mass is 504 g/mol. The molecule has 0 radical (unpaired) electrons. The molecule has 0 aliphatic heterocycles. The van der Waals surface area contributed by atoms with E-state index in [1.165, 1.54) is 7.11 Å². The number of unbranched alkanes of at least 4 members (excludes halogenated alkanes) is 2. The zero-order valence-corrected chi connectivity index (χ0v) is 21.7. The lowest BCUT2D eigenvalue weighted by Gasteiger charge is -2.16. The number of benzene rings is 3. The van der Waals surface area contributed by atoms with E-state index in [0.29, 0.717) is 30.3 Å². The average Bonchev–Trinajstić information content (AvgIpc) is 3.33. The molecule has 8 heteroatoms. The lowest BCUT2D eigenvalue weighted by Crippen LogP contribution is -2.02. The largest absolute Gasteiger partial charge is 0.494 e. The van der Waals surface area contributed by atoms with Gasteiger partial charge in [-0.2, -0.15) is 0 Å². The standard InChI is InChI=1S/C29H32N2O6/c1-33-25-17-21(18-26(34-2)28(25)36-4)31-24-19-22(37-16-10-6-9-13-27(32)35-3)14-15-23(24)30-29(31)20-11-7-5-8-12-20/h5,7-8,11-12,14-15,17-19H,6,9-10,13,16H2,1-4H3. The minimum Gasteiger partial charge on any atom is -0.494 e. The van der Waals surface area contributed by atoms with Gasteiger partial charge in [0.2, 0.25) is 5.75 Å². The minimum absolute atomic E-state index is 0.180. The molecule has 0 aliphatic carbocycles. The molecule has 8 nitrogen and oxygen atoms in total. The van der Waals surface area contributed by atoms with E-state index in [-0.39, 0.29) is 5.97 Å². The number of fused-ring (bicyclic) bond motifs is 1. The van der Waals surface area contributed by atoms with E-state index in [9.17, 15) is 4.79 Å². The minimum atomic E-state index is -0.180. The molecule has 1 heterocycles. The third-order valence-corrected chi connectivity index (χ3v) is 6.09. The van der Waals surface area contributed by atoms with Gasteiger partial charge in [0.1, 0.15) is 11.6 Å². The summed E-state index contributed by atoms with van der Waals surface area (Å²) in [6, 6.07) is 19.7. The van der Waals surface area contributed by atoms with Crippen LogP contribution >= 0.6 is 0 Å². The molecule has 194 valence electrons. The molecule has 0 saturated heterocycles. The summed E-state index contributed by atoms with van der Waals surface area (Å²) in [5.41, 5.74) is 3.51. The van der Waals surface area contributed by atoms with Gasteiger partial charge in [-0.1, -0.05) is 30.3 Å². The van der Waals surface area contributed by atoms with E-state index in [0.717, 1.165) is 53.1 Å². The first kappa shape index (κ1) is 25.9. The number of ether oxygens (including phenoxy) is 5. The van der Waals surface area contributed by atoms with Crippen molar-refractivity contribution in [3.63, 3.8) is 0 Å². The molecule has 0 unspecified atom stereocenters. The Morgan fingerprint density at radius 3 is 2.22 bits per heavy atom. The average molecular weight is 505 g/mol. The van der Waals surface area contributed by atoms with Crippen LogP contribution in [0.15, 0.2) is 60.7 Å². The molecule has 0 saturated carbocycles. The van der Waals surface area contributed by atoms with Gasteiger partial charge in [0.15, 0.2) is 11.5 Å². The molecule has 0 spiro atoms. The highest BCUT2D eigenvalue weighted by Gasteiger charge is 2.20. The fourth-order valence-corrected chi connectivity index (χ4v) is 4.22. The van der Waals surface area contributed by atoms with Gasteiger partial charge < -0.3 is 23.7 Å². The lowest BCUT2D eigenvalue weighted by molar-refractivity contribution is -0.140. The molecule has 1 aromatic heterocycles. The number of carbonyl (C=O) groups is 1. The maximum absolute atomic E-state index is 11.3. The van der Waals surface area contributed by atoms with E-state index in [4.69, 9.17) is 23.9 Å². The van der Waals surface area contributed by atoms with E-state index in [2.05, 4.69) is 9.30 Å². The van der Waals surface area contributed by atoms with Gasteiger partial charge in [0, 0.05) is 30.2 Å². The predicted molar refractivity (Wildman–Crippen MR) is 142 cm³/mol. The molecule has 37 heavy (non-hydrogen) atoms. The normalized spacial score (nSPS) is 10.8. The van der Waals surface area contributed by atoms with Crippen molar-refractivity contribution >= 4 is 17.0 Å². The van der Waals surface area contributed by atoms with Gasteiger partial charge in [-0.05, 0) is 31.4 Å². The van der Waals surface area contributed by atoms with Crippen molar-refractivity contribution in [2.45, 2.75) is 25.7 Å². The van der Waals surface area contributed by atoms with E-state index < -0.39 is 0 Å². The number of carbonyl (C=O) groups excluding carboxylic acids is 1. The topological polar surface area (TPSA) is 81.0 Å². The first-order chi connectivity index (χ1) is 18.1. The van der Waals surface area contributed by atoms with Gasteiger partial charge in [0.25, 0.3) is 0 Å². The van der Waals surface area contributed by atoms with Gasteiger partial charge in [-0.15, -0.1) is 0 Å². The molecular formula is C29H32N2O6. The Morgan fingerprint density at radius 2 is 1.57 bits per heavy atom. The second kappa shape index (κ2) is 12.2. The van der Waals surface area contributed by atoms with E-state index in [1.807, 2.05) is 60.7 Å². The molecule has 0 fully saturated rings. The number of nitrogens with zero attached hydrogens (tertiary/aromatic N) is 2. The number of methoxy groups -OCH3 is 4. The molecular weight excluding hydrogens is 472 g/mol. The Hall–Kier alpha value is -4.20. The highest BCUT2D eigenvalue weighted by molar-refractivity contribution is 5.85. The zero-order valence-electron chi connectivity index (χ0n) is 21.7. The van der Waals surface area contributed by atoms with Crippen LogP contribution in [0.25, 0.3) is 28.1 Å². The number of hydrogen-bond donors (Lipinski definition) is 0. The van der Waals surface area contributed by atoms with Crippen LogP contribution in [-0.4, -0.2) is 50.6 Å². The van der Waals surface area contributed by atoms with Crippen LogP contribution in [0.4, 0.5) is 0 Å². The Kier molecular flexibility index (Phi) is 8.51. The van der Waals surface area contributed by atoms with Crippen molar-refractivity contribution < 1.29 is 28.5 Å². The van der Waals surface area contributed by atoms with Crippen molar-refractivity contribution in [1.29, 1.82) is 0 Å². The van der Waals surface area contributed by atoms with Crippen molar-refractivity contribution in [2.24, 2.45) is 0 Å². The maximum atomic E-state index is 11.3. The highest BCUT2D eigenvalue weighted by Crippen LogP contribution is 2.41. The van der Waals surface area contributed by atoms with Crippen molar-refractivity contribution in [3.05, 3.63) is 60.7 Å². The number of esters is 1. The van der Waals surface area contributed by atoms with Crippen LogP contribution in [0.2, 0.25) is 0 Å². The molecule has 4 aromatic rings. The smallest absolute Gasteiger partial charge is 0.305 e. The summed E-state index contributed by atoms with van der Waals surface area (Å²) in [6.45, 7) is 0.552. The summed E-state index contributed by atoms with van der Waals surface area (Å²) in [6.07, 6.45) is 2.94. The Balaban J connectivity index is 1.71. The van der Waals surface area contributed by atoms with Crippen LogP contribution < -0.4 is 18.9 Å². The summed E-state index contributed by atoms with van der Waals surface area (Å²) in [5.74, 6) is 2.98. The number of rotatable bonds is 12. The summed E-state index contributed by atoms with van der Waals surface area (Å²) in [4.78, 5) is 16.2. The number of hydrogen-bond acceptors (Lipinski definition) is 7. The first-order valence-electron chi connectivity index (χ1n) is 12.2. The van der Waals surface area contributed by atoms with Crippen LogP contribution in [0.3, 0.4) is 0 Å². The molecule has 0 amide bonds. The number of imidazole rings is 1. The quantitative estimate of drug-likeness (QED) is 0.177. The summed E-state index contributed by atoms with van der Waals surface area (Å²) in [5, 5.41) is 0. The van der Waals surface area contributed by atoms with Gasteiger partial charge >= 0.3 is 5.97 Å². The van der Waals surface area contributed by atoms with Gasteiger partial charge in [0.05, 0.1) is 51.8 Å². The molecule has 0 aliphatic rings. The second-order valence-electron chi connectivity index (χ2n) is 8.41. The van der Waals surface area contributed by atoms with Crippen LogP contribution in [-0.2, 0) is 9.53 Å². The van der Waals surface area contributed by atoms with Crippen molar-refractivity contribution in [3.8, 4) is 40.1 Å². The Morgan fingerprint density at radius 1 is 0.838 bits per heavy atom. The molecule has 0 N–H and O–H groups in total. The van der Waals surface area contributed by atoms with Gasteiger partial charge in [-0.25, -0.2) is 4.98 Å². The maximum Gasteiger partial charge on any atom is 0.305 e. The predicted octanol–water partition coefficient (Wildman–Crippen LogP) is 5.83. The fourth-order valence-electron chi connectivity index (χ4n) is 4.22.